The fourth-order valence-corrected chi connectivity index (χ4v) is 4.97. The minimum Gasteiger partial charge on any atom is -0.441 e. The van der Waals surface area contributed by atoms with E-state index < -0.39 is 0 Å². The van der Waals surface area contributed by atoms with Crippen LogP contribution in [0.2, 0.25) is 0 Å². The number of amides is 2. The van der Waals surface area contributed by atoms with Gasteiger partial charge in [-0.3, -0.25) is 9.59 Å². The molecular weight excluding hydrogens is 366 g/mol. The van der Waals surface area contributed by atoms with E-state index in [1.54, 1.807) is 19.9 Å². The van der Waals surface area contributed by atoms with Crippen molar-refractivity contribution in [2.45, 2.75) is 19.9 Å². The Morgan fingerprint density at radius 2 is 1.86 bits per heavy atom. The number of carbonyl (C=O) groups is 2. The van der Waals surface area contributed by atoms with Crippen molar-refractivity contribution >= 4 is 22.9 Å². The van der Waals surface area contributed by atoms with E-state index in [9.17, 15) is 9.59 Å². The molecule has 5 rings (SSSR count). The lowest BCUT2D eigenvalue weighted by molar-refractivity contribution is -0.130. The standard InChI is InChI=1S/C23H23N3O3/c1-14-24-20-9-8-17(10-21(20)29-14)23(28)25-11-18-12-26(15(2)27)22(19(18)13-25)16-6-4-3-5-7-16/h3-10,18-19,22H,11-13H2,1-2H3/t18-,19-,22-/m1/s1. The molecule has 0 radical (unpaired) electrons. The van der Waals surface area contributed by atoms with E-state index in [-0.39, 0.29) is 23.8 Å². The maximum Gasteiger partial charge on any atom is 0.254 e. The lowest BCUT2D eigenvalue weighted by Crippen LogP contribution is -2.36. The highest BCUT2D eigenvalue weighted by Gasteiger charge is 2.49. The number of nitrogens with zero attached hydrogens (tertiary/aromatic N) is 3. The first-order chi connectivity index (χ1) is 14.0. The van der Waals surface area contributed by atoms with Crippen LogP contribution in [0.15, 0.2) is 52.9 Å². The van der Waals surface area contributed by atoms with E-state index in [1.807, 2.05) is 40.1 Å². The van der Waals surface area contributed by atoms with E-state index >= 15 is 0 Å². The van der Waals surface area contributed by atoms with Crippen LogP contribution in [-0.2, 0) is 4.79 Å². The van der Waals surface area contributed by atoms with Gasteiger partial charge in [-0.1, -0.05) is 30.3 Å². The monoisotopic (exact) mass is 389 g/mol. The molecule has 148 valence electrons. The maximum absolute atomic E-state index is 13.2. The molecule has 0 spiro atoms. The van der Waals surface area contributed by atoms with Crippen molar-refractivity contribution < 1.29 is 14.0 Å². The number of hydrogen-bond acceptors (Lipinski definition) is 4. The summed E-state index contributed by atoms with van der Waals surface area (Å²) in [7, 11) is 0. The number of rotatable bonds is 2. The van der Waals surface area contributed by atoms with Crippen LogP contribution in [0, 0.1) is 18.8 Å². The number of aromatic nitrogens is 1. The second-order valence-electron chi connectivity index (χ2n) is 8.08. The Labute approximate surface area is 169 Å². The van der Waals surface area contributed by atoms with Crippen LogP contribution < -0.4 is 0 Å². The first kappa shape index (κ1) is 17.9. The van der Waals surface area contributed by atoms with E-state index in [4.69, 9.17) is 4.42 Å². The Morgan fingerprint density at radius 3 is 2.62 bits per heavy atom. The molecule has 2 aromatic carbocycles. The van der Waals surface area contributed by atoms with Gasteiger partial charge in [-0.05, 0) is 23.8 Å². The molecule has 0 bridgehead atoms. The summed E-state index contributed by atoms with van der Waals surface area (Å²) in [6.07, 6.45) is 0. The summed E-state index contributed by atoms with van der Waals surface area (Å²) in [4.78, 5) is 33.6. The highest BCUT2D eigenvalue weighted by molar-refractivity contribution is 5.97. The summed E-state index contributed by atoms with van der Waals surface area (Å²) in [5, 5.41) is 0. The molecule has 3 heterocycles. The molecule has 1 aromatic heterocycles. The van der Waals surface area contributed by atoms with Crippen molar-refractivity contribution in [3.8, 4) is 0 Å². The number of likely N-dealkylation sites (tertiary alicyclic amines) is 2. The van der Waals surface area contributed by atoms with Gasteiger partial charge < -0.3 is 14.2 Å². The van der Waals surface area contributed by atoms with Crippen molar-refractivity contribution in [3.05, 3.63) is 65.5 Å². The first-order valence-electron chi connectivity index (χ1n) is 10.00. The fourth-order valence-electron chi connectivity index (χ4n) is 4.97. The molecule has 2 aliphatic heterocycles. The Kier molecular flexibility index (Phi) is 4.15. The van der Waals surface area contributed by atoms with Gasteiger partial charge in [0.25, 0.3) is 5.91 Å². The van der Waals surface area contributed by atoms with Crippen LogP contribution in [0.5, 0.6) is 0 Å². The summed E-state index contributed by atoms with van der Waals surface area (Å²) < 4.78 is 5.59. The SMILES string of the molecule is CC(=O)N1C[C@H]2CN(C(=O)c3ccc4nc(C)oc4c3)C[C@H]2[C@H]1c1ccccc1. The summed E-state index contributed by atoms with van der Waals surface area (Å²) >= 11 is 0. The summed E-state index contributed by atoms with van der Waals surface area (Å²) in [6.45, 7) is 5.45. The Morgan fingerprint density at radius 1 is 1.07 bits per heavy atom. The normalized spacial score (nSPS) is 23.6. The van der Waals surface area contributed by atoms with E-state index in [1.165, 1.54) is 0 Å². The zero-order valence-corrected chi connectivity index (χ0v) is 16.5. The molecule has 0 N–H and O–H groups in total. The molecule has 0 saturated carbocycles. The van der Waals surface area contributed by atoms with Gasteiger partial charge in [0.1, 0.15) is 5.52 Å². The number of hydrogen-bond donors (Lipinski definition) is 0. The zero-order chi connectivity index (χ0) is 20.1. The first-order valence-corrected chi connectivity index (χ1v) is 10.00. The number of benzene rings is 2. The minimum absolute atomic E-state index is 0.0107. The summed E-state index contributed by atoms with van der Waals surface area (Å²) in [6, 6.07) is 15.6. The number of carbonyl (C=O) groups excluding carboxylic acids is 2. The third-order valence-electron chi connectivity index (χ3n) is 6.24. The number of oxazole rings is 1. The largest absolute Gasteiger partial charge is 0.441 e. The van der Waals surface area contributed by atoms with Crippen molar-refractivity contribution in [3.63, 3.8) is 0 Å². The van der Waals surface area contributed by atoms with Gasteiger partial charge in [0.05, 0.1) is 6.04 Å². The van der Waals surface area contributed by atoms with E-state index in [0.29, 0.717) is 42.6 Å². The second-order valence-corrected chi connectivity index (χ2v) is 8.08. The molecule has 6 nitrogen and oxygen atoms in total. The zero-order valence-electron chi connectivity index (χ0n) is 16.5. The molecule has 0 aliphatic carbocycles. The van der Waals surface area contributed by atoms with Crippen molar-refractivity contribution in [2.75, 3.05) is 19.6 Å². The Bertz CT molecular complexity index is 1090. The van der Waals surface area contributed by atoms with E-state index in [2.05, 4.69) is 17.1 Å². The molecule has 2 aliphatic rings. The lowest BCUT2D eigenvalue weighted by Gasteiger charge is -2.29. The third kappa shape index (κ3) is 2.99. The van der Waals surface area contributed by atoms with Gasteiger partial charge in [0.2, 0.25) is 5.91 Å². The molecule has 3 atom stereocenters. The molecule has 2 saturated heterocycles. The quantitative estimate of drug-likeness (QED) is 0.674. The van der Waals surface area contributed by atoms with E-state index in [0.717, 1.165) is 11.1 Å². The lowest BCUT2D eigenvalue weighted by atomic mass is 9.89. The van der Waals surface area contributed by atoms with Crippen molar-refractivity contribution in [1.82, 2.24) is 14.8 Å². The average molecular weight is 389 g/mol. The highest BCUT2D eigenvalue weighted by atomic mass is 16.3. The molecule has 29 heavy (non-hydrogen) atoms. The van der Waals surface area contributed by atoms with Gasteiger partial charge in [0.15, 0.2) is 11.5 Å². The highest BCUT2D eigenvalue weighted by Crippen LogP contribution is 2.45. The summed E-state index contributed by atoms with van der Waals surface area (Å²) in [5.74, 6) is 1.25. The molecule has 3 aromatic rings. The second kappa shape index (κ2) is 6.72. The molecule has 0 unspecified atom stereocenters. The molecular formula is C23H23N3O3. The van der Waals surface area contributed by atoms with Gasteiger partial charge in [-0.25, -0.2) is 4.98 Å². The predicted molar refractivity (Wildman–Crippen MR) is 108 cm³/mol. The fraction of sp³-hybridized carbons (Fsp3) is 0.348. The van der Waals surface area contributed by atoms with Crippen molar-refractivity contribution in [1.29, 1.82) is 0 Å². The van der Waals surface area contributed by atoms with Gasteiger partial charge >= 0.3 is 0 Å². The van der Waals surface area contributed by atoms with Gasteiger partial charge in [0, 0.05) is 50.9 Å². The van der Waals surface area contributed by atoms with Crippen molar-refractivity contribution in [2.24, 2.45) is 11.8 Å². The van der Waals surface area contributed by atoms with Crippen LogP contribution in [0.25, 0.3) is 11.1 Å². The topological polar surface area (TPSA) is 66.7 Å². The maximum atomic E-state index is 13.2. The Balaban J connectivity index is 1.41. The molecule has 2 fully saturated rings. The average Bonchev–Trinajstić information content (AvgIpc) is 3.38. The van der Waals surface area contributed by atoms with Crippen LogP contribution in [0.3, 0.4) is 0 Å². The van der Waals surface area contributed by atoms with Gasteiger partial charge in [-0.15, -0.1) is 0 Å². The van der Waals surface area contributed by atoms with Gasteiger partial charge in [-0.2, -0.15) is 0 Å². The smallest absolute Gasteiger partial charge is 0.254 e. The van der Waals surface area contributed by atoms with Crippen LogP contribution >= 0.6 is 0 Å². The molecule has 2 amide bonds. The number of fused-ring (bicyclic) bond motifs is 2. The van der Waals surface area contributed by atoms with Crippen LogP contribution in [0.1, 0.15) is 34.8 Å². The van der Waals surface area contributed by atoms with Crippen LogP contribution in [-0.4, -0.2) is 46.2 Å². The molecule has 6 heteroatoms. The number of aryl methyl sites for hydroxylation is 1. The summed E-state index contributed by atoms with van der Waals surface area (Å²) in [5.41, 5.74) is 3.16. The minimum atomic E-state index is 0.0107. The third-order valence-corrected chi connectivity index (χ3v) is 6.24. The predicted octanol–water partition coefficient (Wildman–Crippen LogP) is 3.43. The Hall–Kier alpha value is -3.15. The van der Waals surface area contributed by atoms with Crippen LogP contribution in [0.4, 0.5) is 0 Å².